The monoisotopic (exact) mass is 290 g/mol. The van der Waals surface area contributed by atoms with Gasteiger partial charge in [0, 0.05) is 19.5 Å². The van der Waals surface area contributed by atoms with E-state index in [0.29, 0.717) is 18.6 Å². The SMILES string of the molecule is CCOC(=O)c1ccc(CCCN2NCCCC2=O)cc1. The first-order valence-corrected chi connectivity index (χ1v) is 7.50. The van der Waals surface area contributed by atoms with E-state index in [4.69, 9.17) is 4.74 Å². The average Bonchev–Trinajstić information content (AvgIpc) is 2.50. The molecule has 0 atom stereocenters. The predicted molar refractivity (Wildman–Crippen MR) is 79.7 cm³/mol. The highest BCUT2D eigenvalue weighted by molar-refractivity contribution is 5.89. The number of hydrogen-bond acceptors (Lipinski definition) is 4. The van der Waals surface area contributed by atoms with Crippen molar-refractivity contribution in [3.8, 4) is 0 Å². The molecule has 1 fully saturated rings. The number of nitrogens with one attached hydrogen (secondary N) is 1. The molecule has 1 N–H and O–H groups in total. The van der Waals surface area contributed by atoms with Crippen LogP contribution < -0.4 is 5.43 Å². The lowest BCUT2D eigenvalue weighted by atomic mass is 10.1. The van der Waals surface area contributed by atoms with Crippen molar-refractivity contribution in [2.24, 2.45) is 0 Å². The molecule has 0 bridgehead atoms. The highest BCUT2D eigenvalue weighted by Gasteiger charge is 2.16. The average molecular weight is 290 g/mol. The fourth-order valence-electron chi connectivity index (χ4n) is 2.34. The first kappa shape index (κ1) is 15.5. The zero-order valence-electron chi connectivity index (χ0n) is 12.4. The third kappa shape index (κ3) is 4.56. The van der Waals surface area contributed by atoms with Gasteiger partial charge in [0.2, 0.25) is 5.91 Å². The number of aryl methyl sites for hydroxylation is 1. The summed E-state index contributed by atoms with van der Waals surface area (Å²) < 4.78 is 4.95. The van der Waals surface area contributed by atoms with E-state index >= 15 is 0 Å². The smallest absolute Gasteiger partial charge is 0.338 e. The number of hydrazine groups is 1. The first-order chi connectivity index (χ1) is 10.2. The van der Waals surface area contributed by atoms with Crippen LogP contribution in [0.15, 0.2) is 24.3 Å². The number of esters is 1. The maximum absolute atomic E-state index is 11.6. The van der Waals surface area contributed by atoms with Crippen LogP contribution in [0.25, 0.3) is 0 Å². The van der Waals surface area contributed by atoms with Crippen LogP contribution in [0.5, 0.6) is 0 Å². The van der Waals surface area contributed by atoms with Crippen LogP contribution in [0.3, 0.4) is 0 Å². The standard InChI is InChI=1S/C16H22N2O3/c1-2-21-16(20)14-9-7-13(8-10-14)5-4-12-18-15(19)6-3-11-17-18/h7-10,17H,2-6,11-12H2,1H3. The number of amides is 1. The molecule has 0 spiro atoms. The third-order valence-electron chi connectivity index (χ3n) is 3.48. The zero-order chi connectivity index (χ0) is 15.1. The highest BCUT2D eigenvalue weighted by Crippen LogP contribution is 2.09. The number of carbonyl (C=O) groups excluding carboxylic acids is 2. The topological polar surface area (TPSA) is 58.6 Å². The minimum absolute atomic E-state index is 0.180. The van der Waals surface area contributed by atoms with Crippen molar-refractivity contribution in [1.82, 2.24) is 10.4 Å². The van der Waals surface area contributed by atoms with E-state index in [0.717, 1.165) is 37.9 Å². The van der Waals surface area contributed by atoms with Gasteiger partial charge in [0.15, 0.2) is 0 Å². The number of rotatable bonds is 6. The van der Waals surface area contributed by atoms with E-state index in [9.17, 15) is 9.59 Å². The van der Waals surface area contributed by atoms with Gasteiger partial charge in [0.25, 0.3) is 0 Å². The van der Waals surface area contributed by atoms with Crippen molar-refractivity contribution in [2.75, 3.05) is 19.7 Å². The summed E-state index contributed by atoms with van der Waals surface area (Å²) in [7, 11) is 0. The molecule has 114 valence electrons. The number of ether oxygens (including phenoxy) is 1. The summed E-state index contributed by atoms with van der Waals surface area (Å²) in [4.78, 5) is 23.2. The molecule has 2 rings (SSSR count). The number of benzene rings is 1. The van der Waals surface area contributed by atoms with Crippen molar-refractivity contribution in [3.63, 3.8) is 0 Å². The van der Waals surface area contributed by atoms with Crippen LogP contribution >= 0.6 is 0 Å². The highest BCUT2D eigenvalue weighted by atomic mass is 16.5. The van der Waals surface area contributed by atoms with Crippen molar-refractivity contribution < 1.29 is 14.3 Å². The summed E-state index contributed by atoms with van der Waals surface area (Å²) in [5, 5.41) is 1.72. The molecule has 1 aliphatic heterocycles. The molecule has 0 aliphatic carbocycles. The van der Waals surface area contributed by atoms with Gasteiger partial charge >= 0.3 is 5.97 Å². The number of carbonyl (C=O) groups is 2. The van der Waals surface area contributed by atoms with Gasteiger partial charge in [-0.05, 0) is 43.9 Å². The van der Waals surface area contributed by atoms with Crippen LogP contribution in [0.1, 0.15) is 42.1 Å². The van der Waals surface area contributed by atoms with Crippen LogP contribution in [0.2, 0.25) is 0 Å². The molecule has 1 aromatic rings. The molecule has 0 radical (unpaired) electrons. The Bertz CT molecular complexity index is 485. The van der Waals surface area contributed by atoms with Gasteiger partial charge in [-0.25, -0.2) is 10.2 Å². The Morgan fingerprint density at radius 2 is 2.10 bits per heavy atom. The molecule has 1 amide bonds. The summed E-state index contributed by atoms with van der Waals surface area (Å²) >= 11 is 0. The first-order valence-electron chi connectivity index (χ1n) is 7.50. The van der Waals surface area contributed by atoms with Gasteiger partial charge in [-0.2, -0.15) is 0 Å². The Labute approximate surface area is 125 Å². The molecule has 1 saturated heterocycles. The Kier molecular flexibility index (Phi) is 5.75. The maximum atomic E-state index is 11.6. The quantitative estimate of drug-likeness (QED) is 0.813. The fourth-order valence-corrected chi connectivity index (χ4v) is 2.34. The maximum Gasteiger partial charge on any atom is 0.338 e. The Morgan fingerprint density at radius 1 is 1.33 bits per heavy atom. The zero-order valence-corrected chi connectivity index (χ0v) is 12.4. The van der Waals surface area contributed by atoms with Crippen molar-refractivity contribution in [2.45, 2.75) is 32.6 Å². The lowest BCUT2D eigenvalue weighted by Gasteiger charge is -2.27. The van der Waals surface area contributed by atoms with Crippen molar-refractivity contribution in [1.29, 1.82) is 0 Å². The van der Waals surface area contributed by atoms with Crippen molar-refractivity contribution in [3.05, 3.63) is 35.4 Å². The molecule has 5 heteroatoms. The van der Waals surface area contributed by atoms with Gasteiger partial charge in [-0.15, -0.1) is 0 Å². The molecule has 0 saturated carbocycles. The predicted octanol–water partition coefficient (Wildman–Crippen LogP) is 1.92. The lowest BCUT2D eigenvalue weighted by molar-refractivity contribution is -0.136. The lowest BCUT2D eigenvalue weighted by Crippen LogP contribution is -2.47. The molecule has 5 nitrogen and oxygen atoms in total. The minimum Gasteiger partial charge on any atom is -0.462 e. The second-order valence-corrected chi connectivity index (χ2v) is 5.08. The largest absolute Gasteiger partial charge is 0.462 e. The van der Waals surface area contributed by atoms with Gasteiger partial charge < -0.3 is 4.74 Å². The summed E-state index contributed by atoms with van der Waals surface area (Å²) in [5.41, 5.74) is 4.85. The summed E-state index contributed by atoms with van der Waals surface area (Å²) in [5.74, 6) is -0.105. The van der Waals surface area contributed by atoms with Gasteiger partial charge in [-0.1, -0.05) is 12.1 Å². The molecule has 21 heavy (non-hydrogen) atoms. The second kappa shape index (κ2) is 7.78. The van der Waals surface area contributed by atoms with E-state index in [1.54, 1.807) is 24.1 Å². The van der Waals surface area contributed by atoms with Crippen LogP contribution in [-0.4, -0.2) is 36.6 Å². The number of hydrogen-bond donors (Lipinski definition) is 1. The number of nitrogens with zero attached hydrogens (tertiary/aromatic N) is 1. The van der Waals surface area contributed by atoms with Crippen molar-refractivity contribution >= 4 is 11.9 Å². The van der Waals surface area contributed by atoms with Gasteiger partial charge in [-0.3, -0.25) is 9.80 Å². The molecular formula is C16H22N2O3. The van der Waals surface area contributed by atoms with Crippen LogP contribution in [-0.2, 0) is 16.0 Å². The second-order valence-electron chi connectivity index (χ2n) is 5.08. The van der Waals surface area contributed by atoms with E-state index < -0.39 is 0 Å². The van der Waals surface area contributed by atoms with Gasteiger partial charge in [0.1, 0.15) is 0 Å². The van der Waals surface area contributed by atoms with Crippen LogP contribution in [0, 0.1) is 0 Å². The van der Waals surface area contributed by atoms with Gasteiger partial charge in [0.05, 0.1) is 12.2 Å². The van der Waals surface area contributed by atoms with E-state index in [-0.39, 0.29) is 11.9 Å². The molecule has 1 aliphatic rings. The Balaban J connectivity index is 1.78. The molecule has 1 heterocycles. The summed E-state index contributed by atoms with van der Waals surface area (Å²) in [6.07, 6.45) is 3.35. The molecular weight excluding hydrogens is 268 g/mol. The molecule has 0 aromatic heterocycles. The van der Waals surface area contributed by atoms with Crippen LogP contribution in [0.4, 0.5) is 0 Å². The third-order valence-corrected chi connectivity index (χ3v) is 3.48. The van der Waals surface area contributed by atoms with E-state index in [1.807, 2.05) is 12.1 Å². The minimum atomic E-state index is -0.285. The summed E-state index contributed by atoms with van der Waals surface area (Å²) in [6, 6.07) is 7.46. The normalized spacial score (nSPS) is 15.1. The molecule has 1 aromatic carbocycles. The molecule has 0 unspecified atom stereocenters. The Hall–Kier alpha value is -1.88. The van der Waals surface area contributed by atoms with E-state index in [2.05, 4.69) is 5.43 Å². The fraction of sp³-hybridized carbons (Fsp3) is 0.500. The Morgan fingerprint density at radius 3 is 2.76 bits per heavy atom. The summed E-state index contributed by atoms with van der Waals surface area (Å²) in [6.45, 7) is 3.78. The van der Waals surface area contributed by atoms with E-state index in [1.165, 1.54) is 0 Å².